The molecule has 2 unspecified atom stereocenters. The molecule has 0 heterocycles. The van der Waals surface area contributed by atoms with E-state index in [2.05, 4.69) is 6.92 Å². The van der Waals surface area contributed by atoms with E-state index in [0.717, 1.165) is 25.7 Å². The largest absolute Gasteiger partial charge is 0.481 e. The van der Waals surface area contributed by atoms with E-state index in [4.69, 9.17) is 5.11 Å². The van der Waals surface area contributed by atoms with Crippen molar-refractivity contribution in [2.75, 3.05) is 0 Å². The number of allylic oxidation sites excluding steroid dienone is 2. The predicted molar refractivity (Wildman–Crippen MR) is 104 cm³/mol. The van der Waals surface area contributed by atoms with Crippen molar-refractivity contribution in [2.45, 2.75) is 90.3 Å². The first-order valence-electron chi connectivity index (χ1n) is 9.79. The molecule has 0 bridgehead atoms. The van der Waals surface area contributed by atoms with Crippen molar-refractivity contribution in [3.63, 3.8) is 0 Å². The Morgan fingerprint density at radius 3 is 2.38 bits per heavy atom. The minimum absolute atomic E-state index is 0.0181. The summed E-state index contributed by atoms with van der Waals surface area (Å²) >= 11 is 0. The molecule has 0 aromatic heterocycles. The van der Waals surface area contributed by atoms with Crippen molar-refractivity contribution in [1.82, 2.24) is 0 Å². The average molecular weight is 369 g/mol. The highest BCUT2D eigenvalue weighted by atomic mass is 16.4. The van der Waals surface area contributed by atoms with Crippen LogP contribution in [0.25, 0.3) is 0 Å². The quantitative estimate of drug-likeness (QED) is 0.282. The number of aliphatic hydroxyl groups is 2. The van der Waals surface area contributed by atoms with Gasteiger partial charge >= 0.3 is 5.97 Å². The van der Waals surface area contributed by atoms with Gasteiger partial charge in [-0.2, -0.15) is 0 Å². The number of Topliss-reactive ketones (excluding diaryl/α,β-unsaturated/α-hetero) is 1. The van der Waals surface area contributed by atoms with Crippen molar-refractivity contribution < 1.29 is 24.9 Å². The molecule has 0 aliphatic heterocycles. The van der Waals surface area contributed by atoms with Gasteiger partial charge in [0.15, 0.2) is 0 Å². The molecule has 0 saturated heterocycles. The molecule has 0 spiro atoms. The second-order valence-electron chi connectivity index (χ2n) is 6.95. The molecule has 0 aliphatic rings. The van der Waals surface area contributed by atoms with Gasteiger partial charge in [0.25, 0.3) is 0 Å². The second-order valence-corrected chi connectivity index (χ2v) is 6.95. The van der Waals surface area contributed by atoms with E-state index in [-0.39, 0.29) is 24.5 Å². The molecule has 3 atom stereocenters. The molecule has 0 aromatic carbocycles. The summed E-state index contributed by atoms with van der Waals surface area (Å²) in [6.45, 7) is 3.95. The fraction of sp³-hybridized carbons (Fsp3) is 0.714. The maximum atomic E-state index is 12.1. The first-order valence-corrected chi connectivity index (χ1v) is 9.79. The van der Waals surface area contributed by atoms with Crippen LogP contribution in [0.2, 0.25) is 0 Å². The van der Waals surface area contributed by atoms with Gasteiger partial charge in [-0.1, -0.05) is 57.4 Å². The number of carbonyl (C=O) groups is 2. The lowest BCUT2D eigenvalue weighted by atomic mass is 9.96. The van der Waals surface area contributed by atoms with Crippen LogP contribution in [0.1, 0.15) is 78.1 Å². The van der Waals surface area contributed by atoms with Crippen molar-refractivity contribution in [3.05, 3.63) is 24.3 Å². The molecule has 26 heavy (non-hydrogen) atoms. The Hall–Kier alpha value is -1.46. The Labute approximate surface area is 157 Å². The Morgan fingerprint density at radius 2 is 1.73 bits per heavy atom. The molecule has 5 heteroatoms. The zero-order valence-corrected chi connectivity index (χ0v) is 16.3. The van der Waals surface area contributed by atoms with Crippen LogP contribution in [-0.2, 0) is 9.59 Å². The van der Waals surface area contributed by atoms with Gasteiger partial charge in [0.1, 0.15) is 5.78 Å². The molecule has 0 radical (unpaired) electrons. The standard InChI is InChI=1S/C21H36O5/c1-3-4-7-12-18(22)13-10-14-19(23)16-20(24)17(2)11-8-5-6-9-15-21(25)26/h5,8,10,13,17-19,22-23H,3-4,6-7,9,11-12,14-16H2,1-2H3,(H,25,26)/b8-5-,13-10+/t17-,18?,19?/m0/s1. The summed E-state index contributed by atoms with van der Waals surface area (Å²) in [5.41, 5.74) is 0. The van der Waals surface area contributed by atoms with Gasteiger partial charge in [0.05, 0.1) is 12.2 Å². The minimum Gasteiger partial charge on any atom is -0.481 e. The third-order valence-corrected chi connectivity index (χ3v) is 4.27. The summed E-state index contributed by atoms with van der Waals surface area (Å²) in [5.74, 6) is -0.938. The van der Waals surface area contributed by atoms with Crippen molar-refractivity contribution in [1.29, 1.82) is 0 Å². The highest BCUT2D eigenvalue weighted by Gasteiger charge is 2.15. The third-order valence-electron chi connectivity index (χ3n) is 4.27. The number of unbranched alkanes of at least 4 members (excludes halogenated alkanes) is 3. The zero-order chi connectivity index (χ0) is 19.8. The third kappa shape index (κ3) is 14.8. The minimum atomic E-state index is -0.793. The van der Waals surface area contributed by atoms with Gasteiger partial charge in [0, 0.05) is 18.8 Å². The number of carboxylic acid groups (broad SMARTS) is 1. The average Bonchev–Trinajstić information content (AvgIpc) is 2.57. The van der Waals surface area contributed by atoms with Gasteiger partial charge in [-0.15, -0.1) is 0 Å². The van der Waals surface area contributed by atoms with Crippen LogP contribution < -0.4 is 0 Å². The molecule has 0 fully saturated rings. The number of aliphatic hydroxyl groups excluding tert-OH is 2. The number of carbonyl (C=O) groups excluding carboxylic acids is 1. The van der Waals surface area contributed by atoms with Crippen LogP contribution >= 0.6 is 0 Å². The topological polar surface area (TPSA) is 94.8 Å². The van der Waals surface area contributed by atoms with E-state index in [1.807, 2.05) is 19.1 Å². The Bertz CT molecular complexity index is 442. The predicted octanol–water partition coefficient (Wildman–Crippen LogP) is 4.03. The zero-order valence-electron chi connectivity index (χ0n) is 16.3. The van der Waals surface area contributed by atoms with E-state index >= 15 is 0 Å². The Balaban J connectivity index is 3.94. The fourth-order valence-electron chi connectivity index (χ4n) is 2.53. The summed E-state index contributed by atoms with van der Waals surface area (Å²) in [6.07, 6.45) is 12.6. The number of aliphatic carboxylic acids is 1. The number of hydrogen-bond donors (Lipinski definition) is 3. The molecular weight excluding hydrogens is 332 g/mol. The Kier molecular flexibility index (Phi) is 14.9. The van der Waals surface area contributed by atoms with Crippen LogP contribution in [0.5, 0.6) is 0 Å². The van der Waals surface area contributed by atoms with Crippen LogP contribution in [0.3, 0.4) is 0 Å². The van der Waals surface area contributed by atoms with E-state index in [1.54, 1.807) is 12.2 Å². The molecule has 0 saturated carbocycles. The van der Waals surface area contributed by atoms with E-state index in [0.29, 0.717) is 25.7 Å². The number of rotatable bonds is 16. The van der Waals surface area contributed by atoms with Gasteiger partial charge in [-0.3, -0.25) is 9.59 Å². The first kappa shape index (κ1) is 24.5. The summed E-state index contributed by atoms with van der Waals surface area (Å²) < 4.78 is 0. The van der Waals surface area contributed by atoms with Gasteiger partial charge in [-0.05, 0) is 32.1 Å². The van der Waals surface area contributed by atoms with Crippen molar-refractivity contribution in [2.24, 2.45) is 5.92 Å². The molecule has 5 nitrogen and oxygen atoms in total. The van der Waals surface area contributed by atoms with Gasteiger partial charge < -0.3 is 15.3 Å². The summed E-state index contributed by atoms with van der Waals surface area (Å²) in [4.78, 5) is 22.5. The summed E-state index contributed by atoms with van der Waals surface area (Å²) in [5, 5.41) is 28.3. The highest BCUT2D eigenvalue weighted by Crippen LogP contribution is 2.12. The number of ketones is 1. The molecule has 150 valence electrons. The number of carboxylic acids is 1. The second kappa shape index (κ2) is 15.8. The molecule has 3 N–H and O–H groups in total. The lowest BCUT2D eigenvalue weighted by Crippen LogP contribution is -2.18. The van der Waals surface area contributed by atoms with Crippen LogP contribution in [0.15, 0.2) is 24.3 Å². The monoisotopic (exact) mass is 368 g/mol. The van der Waals surface area contributed by atoms with Crippen LogP contribution in [0, 0.1) is 5.92 Å². The fourth-order valence-corrected chi connectivity index (χ4v) is 2.53. The normalized spacial score (nSPS) is 15.4. The van der Waals surface area contributed by atoms with E-state index < -0.39 is 18.2 Å². The molecule has 0 amide bonds. The smallest absolute Gasteiger partial charge is 0.303 e. The molecular formula is C21H36O5. The lowest BCUT2D eigenvalue weighted by Gasteiger charge is -2.12. The number of hydrogen-bond acceptors (Lipinski definition) is 4. The van der Waals surface area contributed by atoms with E-state index in [9.17, 15) is 19.8 Å². The first-order chi connectivity index (χ1) is 12.4. The van der Waals surface area contributed by atoms with Crippen LogP contribution in [-0.4, -0.2) is 39.3 Å². The summed E-state index contributed by atoms with van der Waals surface area (Å²) in [7, 11) is 0. The van der Waals surface area contributed by atoms with Crippen molar-refractivity contribution in [3.8, 4) is 0 Å². The SMILES string of the molecule is CCCCCC(O)/C=C/CC(O)CC(=O)[C@@H](C)C/C=C\CCCC(=O)O. The summed E-state index contributed by atoms with van der Waals surface area (Å²) in [6, 6.07) is 0. The van der Waals surface area contributed by atoms with E-state index in [1.165, 1.54) is 0 Å². The maximum absolute atomic E-state index is 12.1. The van der Waals surface area contributed by atoms with Crippen molar-refractivity contribution >= 4 is 11.8 Å². The highest BCUT2D eigenvalue weighted by molar-refractivity contribution is 5.81. The lowest BCUT2D eigenvalue weighted by molar-refractivity contribution is -0.137. The maximum Gasteiger partial charge on any atom is 0.303 e. The molecule has 0 aliphatic carbocycles. The van der Waals surface area contributed by atoms with Gasteiger partial charge in [-0.25, -0.2) is 0 Å². The van der Waals surface area contributed by atoms with Crippen LogP contribution in [0.4, 0.5) is 0 Å². The Morgan fingerprint density at radius 1 is 1.00 bits per heavy atom. The molecule has 0 rings (SSSR count). The van der Waals surface area contributed by atoms with Gasteiger partial charge in [0.2, 0.25) is 0 Å². The molecule has 0 aromatic rings.